The molecule has 1 amide bonds. The molecule has 2 aromatic rings. The van der Waals surface area contributed by atoms with Crippen LogP contribution in [-0.2, 0) is 11.2 Å². The highest BCUT2D eigenvalue weighted by molar-refractivity contribution is 5.90. The van der Waals surface area contributed by atoms with E-state index in [-0.39, 0.29) is 5.91 Å². The topological polar surface area (TPSA) is 60.5 Å². The molecule has 1 aromatic heterocycles. The van der Waals surface area contributed by atoms with Crippen LogP contribution in [0.3, 0.4) is 0 Å². The van der Waals surface area contributed by atoms with E-state index in [9.17, 15) is 4.79 Å². The minimum absolute atomic E-state index is 0.0274. The monoisotopic (exact) mass is 300 g/mol. The predicted molar refractivity (Wildman–Crippen MR) is 85.5 cm³/mol. The molecule has 0 atom stereocenters. The van der Waals surface area contributed by atoms with Crippen molar-refractivity contribution in [2.24, 2.45) is 0 Å². The smallest absolute Gasteiger partial charge is 0.224 e. The van der Waals surface area contributed by atoms with Gasteiger partial charge in [0.2, 0.25) is 5.91 Å². The van der Waals surface area contributed by atoms with Crippen molar-refractivity contribution in [3.05, 3.63) is 47.8 Å². The van der Waals surface area contributed by atoms with Gasteiger partial charge in [0, 0.05) is 24.0 Å². The second-order valence-electron chi connectivity index (χ2n) is 4.92. The van der Waals surface area contributed by atoms with Crippen LogP contribution in [0.25, 0.3) is 0 Å². The van der Waals surface area contributed by atoms with Crippen LogP contribution >= 0.6 is 0 Å². The van der Waals surface area contributed by atoms with Gasteiger partial charge in [0.25, 0.3) is 0 Å². The molecule has 0 aliphatic heterocycles. The average molecular weight is 300 g/mol. The van der Waals surface area contributed by atoms with Gasteiger partial charge in [-0.25, -0.2) is 0 Å². The summed E-state index contributed by atoms with van der Waals surface area (Å²) >= 11 is 0. The number of hydrogen-bond donors (Lipinski definition) is 1. The highest BCUT2D eigenvalue weighted by atomic mass is 16.5. The summed E-state index contributed by atoms with van der Waals surface area (Å²) in [7, 11) is 3.20. The third kappa shape index (κ3) is 4.22. The Labute approximate surface area is 130 Å². The van der Waals surface area contributed by atoms with Crippen molar-refractivity contribution in [2.45, 2.75) is 19.8 Å². The van der Waals surface area contributed by atoms with Gasteiger partial charge in [-0.1, -0.05) is 6.07 Å². The third-order valence-electron chi connectivity index (χ3n) is 3.27. The Morgan fingerprint density at radius 2 is 1.91 bits per heavy atom. The third-order valence-corrected chi connectivity index (χ3v) is 3.27. The molecule has 0 bridgehead atoms. The maximum Gasteiger partial charge on any atom is 0.224 e. The molecule has 0 aliphatic carbocycles. The molecular formula is C17H20N2O3. The predicted octanol–water partition coefficient (Wildman–Crippen LogP) is 2.98. The Hall–Kier alpha value is -2.56. The number of aryl methyl sites for hydroxylation is 2. The summed E-state index contributed by atoms with van der Waals surface area (Å²) in [5.74, 6) is 1.33. The number of nitrogens with zero attached hydrogens (tertiary/aromatic N) is 1. The number of amides is 1. The Morgan fingerprint density at radius 3 is 2.59 bits per heavy atom. The van der Waals surface area contributed by atoms with Crippen molar-refractivity contribution in [1.82, 2.24) is 4.98 Å². The van der Waals surface area contributed by atoms with Crippen LogP contribution in [-0.4, -0.2) is 25.1 Å². The normalized spacial score (nSPS) is 10.1. The average Bonchev–Trinajstić information content (AvgIpc) is 2.52. The standard InChI is InChI=1S/C17H20N2O3/c1-12-10-14(8-9-18-12)19-17(20)7-5-13-4-6-15(21-2)16(11-13)22-3/h4,6,8-11H,5,7H2,1-3H3,(H,18,19,20). The van der Waals surface area contributed by atoms with E-state index in [1.807, 2.05) is 31.2 Å². The maximum absolute atomic E-state index is 12.0. The van der Waals surface area contributed by atoms with Gasteiger partial charge < -0.3 is 14.8 Å². The molecule has 0 spiro atoms. The minimum atomic E-state index is -0.0274. The number of rotatable bonds is 6. The van der Waals surface area contributed by atoms with Gasteiger partial charge >= 0.3 is 0 Å². The van der Waals surface area contributed by atoms with Crippen LogP contribution < -0.4 is 14.8 Å². The van der Waals surface area contributed by atoms with Crippen molar-refractivity contribution in [1.29, 1.82) is 0 Å². The summed E-state index contributed by atoms with van der Waals surface area (Å²) in [6.45, 7) is 1.89. The minimum Gasteiger partial charge on any atom is -0.493 e. The molecule has 22 heavy (non-hydrogen) atoms. The van der Waals surface area contributed by atoms with Gasteiger partial charge in [-0.15, -0.1) is 0 Å². The summed E-state index contributed by atoms with van der Waals surface area (Å²) in [5, 5.41) is 2.87. The molecule has 5 nitrogen and oxygen atoms in total. The molecule has 0 saturated heterocycles. The second kappa shape index (κ2) is 7.45. The summed E-state index contributed by atoms with van der Waals surface area (Å²) in [5.41, 5.74) is 2.67. The fraction of sp³-hybridized carbons (Fsp3) is 0.294. The zero-order chi connectivity index (χ0) is 15.9. The lowest BCUT2D eigenvalue weighted by Crippen LogP contribution is -2.12. The summed E-state index contributed by atoms with van der Waals surface area (Å²) in [6.07, 6.45) is 2.71. The largest absolute Gasteiger partial charge is 0.493 e. The highest BCUT2D eigenvalue weighted by Gasteiger charge is 2.07. The quantitative estimate of drug-likeness (QED) is 0.891. The zero-order valence-electron chi connectivity index (χ0n) is 13.1. The fourth-order valence-corrected chi connectivity index (χ4v) is 2.14. The fourth-order valence-electron chi connectivity index (χ4n) is 2.14. The Bertz CT molecular complexity index is 656. The lowest BCUT2D eigenvalue weighted by molar-refractivity contribution is -0.116. The number of anilines is 1. The first-order valence-corrected chi connectivity index (χ1v) is 7.06. The van der Waals surface area contributed by atoms with E-state index in [4.69, 9.17) is 9.47 Å². The molecular weight excluding hydrogens is 280 g/mol. The lowest BCUT2D eigenvalue weighted by atomic mass is 10.1. The Kier molecular flexibility index (Phi) is 5.36. The number of aromatic nitrogens is 1. The van der Waals surface area contributed by atoms with Gasteiger partial charge in [-0.05, 0) is 43.2 Å². The van der Waals surface area contributed by atoms with Crippen molar-refractivity contribution in [2.75, 3.05) is 19.5 Å². The molecule has 1 aromatic carbocycles. The van der Waals surface area contributed by atoms with Crippen molar-refractivity contribution in [3.63, 3.8) is 0 Å². The van der Waals surface area contributed by atoms with Crippen LogP contribution in [0.1, 0.15) is 17.7 Å². The Balaban J connectivity index is 1.93. The SMILES string of the molecule is COc1ccc(CCC(=O)Nc2ccnc(C)c2)cc1OC. The van der Waals surface area contributed by atoms with Crippen molar-refractivity contribution >= 4 is 11.6 Å². The van der Waals surface area contributed by atoms with Gasteiger partial charge in [0.05, 0.1) is 14.2 Å². The number of methoxy groups -OCH3 is 2. The van der Waals surface area contributed by atoms with Crippen LogP contribution in [0.4, 0.5) is 5.69 Å². The highest BCUT2D eigenvalue weighted by Crippen LogP contribution is 2.28. The summed E-state index contributed by atoms with van der Waals surface area (Å²) < 4.78 is 10.5. The summed E-state index contributed by atoms with van der Waals surface area (Å²) in [4.78, 5) is 16.1. The van der Waals surface area contributed by atoms with E-state index in [0.717, 1.165) is 16.9 Å². The molecule has 2 rings (SSSR count). The molecule has 0 fully saturated rings. The number of hydrogen-bond acceptors (Lipinski definition) is 4. The van der Waals surface area contributed by atoms with Crippen molar-refractivity contribution in [3.8, 4) is 11.5 Å². The van der Waals surface area contributed by atoms with E-state index in [1.165, 1.54) is 0 Å². The number of carbonyl (C=O) groups is 1. The molecule has 0 radical (unpaired) electrons. The number of benzene rings is 1. The van der Waals surface area contributed by atoms with Crippen LogP contribution in [0, 0.1) is 6.92 Å². The van der Waals surface area contributed by atoms with Gasteiger partial charge in [0.1, 0.15) is 0 Å². The number of ether oxygens (including phenoxy) is 2. The number of pyridine rings is 1. The number of nitrogens with one attached hydrogen (secondary N) is 1. The van der Waals surface area contributed by atoms with Crippen molar-refractivity contribution < 1.29 is 14.3 Å². The second-order valence-corrected chi connectivity index (χ2v) is 4.92. The molecule has 0 aliphatic rings. The maximum atomic E-state index is 12.0. The molecule has 0 saturated carbocycles. The summed E-state index contributed by atoms with van der Waals surface area (Å²) in [6, 6.07) is 9.29. The zero-order valence-corrected chi connectivity index (χ0v) is 13.1. The Morgan fingerprint density at radius 1 is 1.14 bits per heavy atom. The first-order valence-electron chi connectivity index (χ1n) is 7.06. The van der Waals surface area contributed by atoms with E-state index >= 15 is 0 Å². The van der Waals surface area contributed by atoms with Gasteiger partial charge in [-0.3, -0.25) is 9.78 Å². The van der Waals surface area contributed by atoms with E-state index in [0.29, 0.717) is 24.3 Å². The van der Waals surface area contributed by atoms with E-state index in [2.05, 4.69) is 10.3 Å². The first-order chi connectivity index (χ1) is 10.6. The van der Waals surface area contributed by atoms with Gasteiger partial charge in [-0.2, -0.15) is 0 Å². The van der Waals surface area contributed by atoms with E-state index in [1.54, 1.807) is 26.5 Å². The molecule has 1 N–H and O–H groups in total. The van der Waals surface area contributed by atoms with Crippen LogP contribution in [0.5, 0.6) is 11.5 Å². The van der Waals surface area contributed by atoms with Crippen LogP contribution in [0.15, 0.2) is 36.5 Å². The first kappa shape index (κ1) is 15.8. The lowest BCUT2D eigenvalue weighted by Gasteiger charge is -2.10. The van der Waals surface area contributed by atoms with Crippen LogP contribution in [0.2, 0.25) is 0 Å². The molecule has 116 valence electrons. The van der Waals surface area contributed by atoms with Gasteiger partial charge in [0.15, 0.2) is 11.5 Å². The molecule has 0 unspecified atom stereocenters. The molecule has 5 heteroatoms. The van der Waals surface area contributed by atoms with E-state index < -0.39 is 0 Å². The number of carbonyl (C=O) groups excluding carboxylic acids is 1. The molecule has 1 heterocycles.